The zero-order valence-corrected chi connectivity index (χ0v) is 32.9. The number of nitrogens with zero attached hydrogens (tertiary/aromatic N) is 1. The Morgan fingerprint density at radius 3 is 2.04 bits per heavy atom. The van der Waals surface area contributed by atoms with Gasteiger partial charge in [0.25, 0.3) is 0 Å². The average molecular weight is 738 g/mol. The molecule has 1 heterocycles. The maximum absolute atomic E-state index is 4.62. The van der Waals surface area contributed by atoms with E-state index in [0.717, 1.165) is 16.6 Å². The summed E-state index contributed by atoms with van der Waals surface area (Å²) in [5.74, 6) is 0. The minimum atomic E-state index is -2.06. The van der Waals surface area contributed by atoms with Crippen LogP contribution in [0.4, 0.5) is 17.1 Å². The largest absolute Gasteiger partial charge is 0.310 e. The fourth-order valence-electron chi connectivity index (χ4n) is 9.42. The lowest BCUT2D eigenvalue weighted by Gasteiger charge is -2.40. The van der Waals surface area contributed by atoms with Crippen LogP contribution < -0.4 is 15.3 Å². The molecule has 0 aromatic heterocycles. The van der Waals surface area contributed by atoms with Crippen LogP contribution >= 0.6 is 10.0 Å². The lowest BCUT2D eigenvalue weighted by atomic mass is 9.82. The molecule has 0 bridgehead atoms. The average Bonchev–Trinajstić information content (AvgIpc) is 3.67. The Morgan fingerprint density at radius 2 is 1.18 bits per heavy atom. The van der Waals surface area contributed by atoms with Gasteiger partial charge in [-0.15, -0.1) is 10.0 Å². The van der Waals surface area contributed by atoms with E-state index in [4.69, 9.17) is 0 Å². The molecule has 2 aliphatic rings. The number of allylic oxidation sites excluding steroid dienone is 2. The highest BCUT2D eigenvalue weighted by Crippen LogP contribution is 2.81. The summed E-state index contributed by atoms with van der Waals surface area (Å²) in [4.78, 5) is 7.87. The smallest absolute Gasteiger partial charge is 0.0551 e. The van der Waals surface area contributed by atoms with Crippen LogP contribution in [0.25, 0.3) is 45.7 Å². The van der Waals surface area contributed by atoms with Crippen molar-refractivity contribution < 1.29 is 0 Å². The van der Waals surface area contributed by atoms with Gasteiger partial charge in [-0.25, -0.2) is 0 Å². The second-order valence-electron chi connectivity index (χ2n) is 15.3. The van der Waals surface area contributed by atoms with Crippen molar-refractivity contribution in [3.8, 4) is 22.3 Å². The summed E-state index contributed by atoms with van der Waals surface area (Å²) in [6, 6.07) is 65.7. The molecule has 10 rings (SSSR count). The van der Waals surface area contributed by atoms with Gasteiger partial charge in [0.2, 0.25) is 0 Å². The quantitative estimate of drug-likeness (QED) is 0.164. The third-order valence-corrected chi connectivity index (χ3v) is 16.0. The van der Waals surface area contributed by atoms with Crippen LogP contribution in [0.2, 0.25) is 0 Å². The normalized spacial score (nSPS) is 17.6. The van der Waals surface area contributed by atoms with Crippen LogP contribution in [0.3, 0.4) is 0 Å². The summed E-state index contributed by atoms with van der Waals surface area (Å²) in [7, 11) is -2.06. The molecule has 0 N–H and O–H groups in total. The second-order valence-corrected chi connectivity index (χ2v) is 18.3. The lowest BCUT2D eigenvalue weighted by molar-refractivity contribution is 0.660. The minimum absolute atomic E-state index is 0.123. The minimum Gasteiger partial charge on any atom is -0.310 e. The fourth-order valence-corrected chi connectivity index (χ4v) is 14.0. The van der Waals surface area contributed by atoms with Gasteiger partial charge in [0.15, 0.2) is 0 Å². The molecular formula is C54H43NS. The molecule has 0 fully saturated rings. The van der Waals surface area contributed by atoms with Crippen molar-refractivity contribution in [1.29, 1.82) is 0 Å². The molecule has 0 saturated carbocycles. The molecule has 56 heavy (non-hydrogen) atoms. The molecule has 8 aromatic carbocycles. The highest BCUT2D eigenvalue weighted by molar-refractivity contribution is 8.34. The SMILES string of the molecule is C=c1cccc(S2(c3cccc4ccccc34)c3ccccc3-c3c(N(c4ccccc4)c4ccc5c(c4)C(C)(C)c4ccccc4-5)cccc32)/c1=C/C=C\C. The van der Waals surface area contributed by atoms with Crippen molar-refractivity contribution in [2.45, 2.75) is 45.8 Å². The molecule has 2 heteroatoms. The van der Waals surface area contributed by atoms with Crippen molar-refractivity contribution in [1.82, 2.24) is 0 Å². The molecule has 0 spiro atoms. The third kappa shape index (κ3) is 4.89. The number of hydrogen-bond donors (Lipinski definition) is 0. The molecule has 8 aromatic rings. The fraction of sp³-hybridized carbons (Fsp3) is 0.0741. The summed E-state index contributed by atoms with van der Waals surface area (Å²) < 4.78 is 0. The van der Waals surface area contributed by atoms with Gasteiger partial charge >= 0.3 is 0 Å². The van der Waals surface area contributed by atoms with Gasteiger partial charge < -0.3 is 4.90 Å². The molecule has 1 atom stereocenters. The lowest BCUT2D eigenvalue weighted by Crippen LogP contribution is -2.28. The molecule has 270 valence electrons. The van der Waals surface area contributed by atoms with E-state index in [0.29, 0.717) is 0 Å². The predicted molar refractivity (Wildman–Crippen MR) is 239 cm³/mol. The van der Waals surface area contributed by atoms with E-state index in [2.05, 4.69) is 226 Å². The molecule has 1 nitrogen and oxygen atoms in total. The molecule has 0 saturated heterocycles. The first-order chi connectivity index (χ1) is 27.4. The van der Waals surface area contributed by atoms with E-state index in [1.807, 2.05) is 0 Å². The zero-order valence-electron chi connectivity index (χ0n) is 32.0. The molecule has 1 aliphatic carbocycles. The summed E-state index contributed by atoms with van der Waals surface area (Å²) >= 11 is 0. The van der Waals surface area contributed by atoms with Crippen LogP contribution in [0, 0.1) is 0 Å². The topological polar surface area (TPSA) is 3.24 Å². The van der Waals surface area contributed by atoms with Gasteiger partial charge in [0, 0.05) is 41.9 Å². The van der Waals surface area contributed by atoms with E-state index >= 15 is 0 Å². The number of para-hydroxylation sites is 1. The number of fused-ring (bicyclic) bond motifs is 7. The standard InChI is InChI=1S/C54H43NS/c1-5-6-24-41-37(2)19-16-31-49(41)56(50-32-17-21-38-20-10-11-25-42(38)50)51-30-15-13-27-45(51)53-48(29-18-33-52(53)56)55(39-22-8-7-9-23-39)40-34-35-44-43-26-12-14-28-46(43)54(3,4)47(44)36-40/h5-36H,2H2,1,3-4H3/b6-5-,41-24+. The first kappa shape index (κ1) is 34.2. The Hall–Kier alpha value is -6.35. The van der Waals surface area contributed by atoms with Crippen LogP contribution in [0.15, 0.2) is 208 Å². The maximum Gasteiger partial charge on any atom is 0.0551 e. The van der Waals surface area contributed by atoms with Gasteiger partial charge in [0.05, 0.1) is 5.69 Å². The van der Waals surface area contributed by atoms with Gasteiger partial charge in [-0.2, -0.15) is 0 Å². The Labute approximate surface area is 331 Å². The Kier molecular flexibility index (Phi) is 8.02. The first-order valence-corrected chi connectivity index (χ1v) is 21.1. The van der Waals surface area contributed by atoms with E-state index in [1.54, 1.807) is 0 Å². The van der Waals surface area contributed by atoms with Crippen LogP contribution in [-0.4, -0.2) is 0 Å². The summed E-state index contributed by atoms with van der Waals surface area (Å²) in [6.45, 7) is 11.4. The molecular weight excluding hydrogens is 695 g/mol. The van der Waals surface area contributed by atoms with E-state index in [-0.39, 0.29) is 5.41 Å². The van der Waals surface area contributed by atoms with E-state index < -0.39 is 10.0 Å². The summed E-state index contributed by atoms with van der Waals surface area (Å²) in [5, 5.41) is 4.74. The van der Waals surface area contributed by atoms with E-state index in [1.165, 1.54) is 74.6 Å². The Morgan fingerprint density at radius 1 is 0.536 bits per heavy atom. The van der Waals surface area contributed by atoms with Crippen LogP contribution in [-0.2, 0) is 5.41 Å². The van der Waals surface area contributed by atoms with Gasteiger partial charge in [-0.1, -0.05) is 160 Å². The third-order valence-electron chi connectivity index (χ3n) is 11.9. The molecule has 1 unspecified atom stereocenters. The molecule has 0 amide bonds. The van der Waals surface area contributed by atoms with Crippen LogP contribution in [0.1, 0.15) is 31.9 Å². The van der Waals surface area contributed by atoms with Crippen molar-refractivity contribution >= 4 is 50.5 Å². The highest BCUT2D eigenvalue weighted by Gasteiger charge is 2.45. The van der Waals surface area contributed by atoms with Crippen molar-refractivity contribution in [3.63, 3.8) is 0 Å². The van der Waals surface area contributed by atoms with Gasteiger partial charge in [-0.05, 0) is 111 Å². The summed E-state index contributed by atoms with van der Waals surface area (Å²) in [6.07, 6.45) is 6.54. The Balaban J connectivity index is 1.33. The van der Waals surface area contributed by atoms with Crippen LogP contribution in [0.5, 0.6) is 0 Å². The predicted octanol–water partition coefficient (Wildman–Crippen LogP) is 13.7. The first-order valence-electron chi connectivity index (χ1n) is 19.5. The zero-order chi connectivity index (χ0) is 38.0. The van der Waals surface area contributed by atoms with E-state index in [9.17, 15) is 0 Å². The monoisotopic (exact) mass is 737 g/mol. The van der Waals surface area contributed by atoms with Crippen molar-refractivity contribution in [2.24, 2.45) is 0 Å². The van der Waals surface area contributed by atoms with Crippen molar-refractivity contribution in [3.05, 3.63) is 210 Å². The van der Waals surface area contributed by atoms with Gasteiger partial charge in [-0.3, -0.25) is 0 Å². The molecule has 0 radical (unpaired) electrons. The van der Waals surface area contributed by atoms with Gasteiger partial charge in [0.1, 0.15) is 0 Å². The maximum atomic E-state index is 4.62. The Bertz CT molecular complexity index is 2990. The second kappa shape index (κ2) is 13.2. The number of anilines is 3. The number of hydrogen-bond acceptors (Lipinski definition) is 1. The van der Waals surface area contributed by atoms with Crippen molar-refractivity contribution in [2.75, 3.05) is 4.90 Å². The molecule has 1 aliphatic heterocycles. The highest BCUT2D eigenvalue weighted by atomic mass is 32.3. The number of benzene rings is 8. The summed E-state index contributed by atoms with van der Waals surface area (Å²) in [5.41, 5.74) is 11.3. The number of rotatable bonds is 6.